The fraction of sp³-hybridized carbons (Fsp3) is 0.0909. The van der Waals surface area contributed by atoms with Crippen molar-refractivity contribution < 1.29 is 14.7 Å². The standard InChI is InChI=1S/C11H11ClN2O3/c1-2-5-13-10(16)11(17)14-8-6-7(12)3-4-9(8)15/h2-4,6,15H,1,5H2,(H,13,16)(H,14,17). The second-order valence-corrected chi connectivity index (χ2v) is 3.55. The number of anilines is 1. The van der Waals surface area contributed by atoms with Crippen molar-refractivity contribution >= 4 is 29.1 Å². The van der Waals surface area contributed by atoms with E-state index in [0.717, 1.165) is 0 Å². The highest BCUT2D eigenvalue weighted by Crippen LogP contribution is 2.26. The number of amides is 2. The van der Waals surface area contributed by atoms with Gasteiger partial charge in [0.15, 0.2) is 0 Å². The Morgan fingerprint density at radius 2 is 2.12 bits per heavy atom. The molecule has 0 aliphatic carbocycles. The first-order valence-electron chi connectivity index (χ1n) is 4.73. The van der Waals surface area contributed by atoms with E-state index >= 15 is 0 Å². The van der Waals surface area contributed by atoms with E-state index in [1.165, 1.54) is 24.3 Å². The van der Waals surface area contributed by atoms with Crippen LogP contribution < -0.4 is 10.6 Å². The van der Waals surface area contributed by atoms with Gasteiger partial charge in [-0.3, -0.25) is 9.59 Å². The Hall–Kier alpha value is -2.01. The monoisotopic (exact) mass is 254 g/mol. The number of nitrogens with one attached hydrogen (secondary N) is 2. The lowest BCUT2D eigenvalue weighted by Crippen LogP contribution is -2.35. The van der Waals surface area contributed by atoms with Gasteiger partial charge in [-0.2, -0.15) is 0 Å². The van der Waals surface area contributed by atoms with Crippen molar-refractivity contribution in [2.24, 2.45) is 0 Å². The Balaban J connectivity index is 2.70. The fourth-order valence-electron chi connectivity index (χ4n) is 1.03. The minimum absolute atomic E-state index is 0.0799. The van der Waals surface area contributed by atoms with Gasteiger partial charge in [-0.25, -0.2) is 0 Å². The number of carbonyl (C=O) groups excluding carboxylic acids is 2. The molecule has 0 saturated heterocycles. The first kappa shape index (κ1) is 13.1. The molecule has 0 saturated carbocycles. The van der Waals surface area contributed by atoms with Crippen LogP contribution in [-0.2, 0) is 9.59 Å². The van der Waals surface area contributed by atoms with Crippen LogP contribution in [0.1, 0.15) is 0 Å². The van der Waals surface area contributed by atoms with Crippen LogP contribution in [0.3, 0.4) is 0 Å². The van der Waals surface area contributed by atoms with E-state index in [0.29, 0.717) is 5.02 Å². The normalized spacial score (nSPS) is 9.47. The average Bonchev–Trinajstić information content (AvgIpc) is 2.30. The molecule has 0 fully saturated rings. The molecule has 3 N–H and O–H groups in total. The van der Waals surface area contributed by atoms with Gasteiger partial charge in [-0.1, -0.05) is 17.7 Å². The molecule has 1 aromatic carbocycles. The second kappa shape index (κ2) is 5.91. The van der Waals surface area contributed by atoms with E-state index < -0.39 is 11.8 Å². The molecular formula is C11H11ClN2O3. The van der Waals surface area contributed by atoms with Gasteiger partial charge in [0.05, 0.1) is 5.69 Å². The van der Waals surface area contributed by atoms with E-state index in [-0.39, 0.29) is 18.0 Å². The lowest BCUT2D eigenvalue weighted by molar-refractivity contribution is -0.136. The van der Waals surface area contributed by atoms with Crippen LogP contribution in [0.5, 0.6) is 5.75 Å². The summed E-state index contributed by atoms with van der Waals surface area (Å²) in [5.74, 6) is -1.87. The lowest BCUT2D eigenvalue weighted by Gasteiger charge is -2.07. The van der Waals surface area contributed by atoms with Crippen molar-refractivity contribution in [1.82, 2.24) is 5.32 Å². The molecule has 0 bridgehead atoms. The maximum absolute atomic E-state index is 11.4. The minimum Gasteiger partial charge on any atom is -0.506 e. The van der Waals surface area contributed by atoms with Gasteiger partial charge in [0.2, 0.25) is 0 Å². The van der Waals surface area contributed by atoms with Gasteiger partial charge in [0, 0.05) is 11.6 Å². The van der Waals surface area contributed by atoms with E-state index in [1.807, 2.05) is 0 Å². The molecule has 17 heavy (non-hydrogen) atoms. The largest absolute Gasteiger partial charge is 0.506 e. The zero-order chi connectivity index (χ0) is 12.8. The molecule has 2 amide bonds. The predicted molar refractivity (Wildman–Crippen MR) is 65.0 cm³/mol. The first-order valence-corrected chi connectivity index (χ1v) is 5.11. The van der Waals surface area contributed by atoms with Gasteiger partial charge in [-0.05, 0) is 18.2 Å². The summed E-state index contributed by atoms with van der Waals surface area (Å²) in [7, 11) is 0. The van der Waals surface area contributed by atoms with Crippen LogP contribution in [0.2, 0.25) is 5.02 Å². The third-order valence-electron chi connectivity index (χ3n) is 1.82. The van der Waals surface area contributed by atoms with Crippen molar-refractivity contribution in [1.29, 1.82) is 0 Å². The summed E-state index contributed by atoms with van der Waals surface area (Å²) in [6.07, 6.45) is 1.45. The Bertz CT molecular complexity index is 460. The van der Waals surface area contributed by atoms with Crippen LogP contribution >= 0.6 is 11.6 Å². The van der Waals surface area contributed by atoms with Gasteiger partial charge in [0.25, 0.3) is 0 Å². The highest BCUT2D eigenvalue weighted by Gasteiger charge is 2.14. The maximum Gasteiger partial charge on any atom is 0.313 e. The molecule has 0 aliphatic rings. The average molecular weight is 255 g/mol. The summed E-state index contributed by atoms with van der Waals surface area (Å²) in [5.41, 5.74) is 0.0799. The van der Waals surface area contributed by atoms with E-state index in [9.17, 15) is 14.7 Å². The summed E-state index contributed by atoms with van der Waals surface area (Å²) < 4.78 is 0. The van der Waals surface area contributed by atoms with E-state index in [2.05, 4.69) is 17.2 Å². The lowest BCUT2D eigenvalue weighted by atomic mass is 10.3. The third kappa shape index (κ3) is 3.81. The van der Waals surface area contributed by atoms with Crippen molar-refractivity contribution in [3.63, 3.8) is 0 Å². The SMILES string of the molecule is C=CCNC(=O)C(=O)Nc1cc(Cl)ccc1O. The van der Waals surface area contributed by atoms with E-state index in [1.54, 1.807) is 0 Å². The van der Waals surface area contributed by atoms with Gasteiger partial charge < -0.3 is 15.7 Å². The molecule has 90 valence electrons. The second-order valence-electron chi connectivity index (χ2n) is 3.11. The summed E-state index contributed by atoms with van der Waals surface area (Å²) >= 11 is 5.69. The molecule has 1 rings (SSSR count). The number of benzene rings is 1. The topological polar surface area (TPSA) is 78.4 Å². The Labute approximate surface area is 103 Å². The smallest absolute Gasteiger partial charge is 0.313 e. The van der Waals surface area contributed by atoms with Gasteiger partial charge in [0.1, 0.15) is 5.75 Å². The summed E-state index contributed by atoms with van der Waals surface area (Å²) in [4.78, 5) is 22.6. The number of phenolic OH excluding ortho intramolecular Hbond substituents is 1. The molecule has 6 heteroatoms. The predicted octanol–water partition coefficient (Wildman–Crippen LogP) is 1.29. The van der Waals surface area contributed by atoms with Crippen molar-refractivity contribution in [2.75, 3.05) is 11.9 Å². The highest BCUT2D eigenvalue weighted by molar-refractivity contribution is 6.40. The zero-order valence-electron chi connectivity index (χ0n) is 8.87. The molecular weight excluding hydrogens is 244 g/mol. The number of carbonyl (C=O) groups is 2. The molecule has 5 nitrogen and oxygen atoms in total. The van der Waals surface area contributed by atoms with E-state index in [4.69, 9.17) is 11.6 Å². The Kier molecular flexibility index (Phi) is 4.54. The molecule has 1 aromatic rings. The zero-order valence-corrected chi connectivity index (χ0v) is 9.62. The number of halogens is 1. The molecule has 0 atom stereocenters. The molecule has 0 heterocycles. The van der Waals surface area contributed by atoms with Crippen LogP contribution in [0, 0.1) is 0 Å². The van der Waals surface area contributed by atoms with Crippen molar-refractivity contribution in [3.8, 4) is 5.75 Å². The van der Waals surface area contributed by atoms with Crippen LogP contribution in [0.4, 0.5) is 5.69 Å². The number of phenols is 1. The molecule has 0 aliphatic heterocycles. The van der Waals surface area contributed by atoms with Crippen LogP contribution in [-0.4, -0.2) is 23.5 Å². The van der Waals surface area contributed by atoms with Crippen molar-refractivity contribution in [3.05, 3.63) is 35.9 Å². The molecule has 0 unspecified atom stereocenters. The Morgan fingerprint density at radius 1 is 1.41 bits per heavy atom. The van der Waals surface area contributed by atoms with Crippen LogP contribution in [0.25, 0.3) is 0 Å². The molecule has 0 aromatic heterocycles. The molecule has 0 spiro atoms. The Morgan fingerprint density at radius 3 is 2.76 bits per heavy atom. The van der Waals surface area contributed by atoms with Crippen LogP contribution in [0.15, 0.2) is 30.9 Å². The quantitative estimate of drug-likeness (QED) is 0.432. The van der Waals surface area contributed by atoms with Crippen molar-refractivity contribution in [2.45, 2.75) is 0 Å². The fourth-order valence-corrected chi connectivity index (χ4v) is 1.20. The first-order chi connectivity index (χ1) is 8.04. The summed E-state index contributed by atoms with van der Waals surface area (Å²) in [5, 5.41) is 14.3. The summed E-state index contributed by atoms with van der Waals surface area (Å²) in [6.45, 7) is 3.59. The van der Waals surface area contributed by atoms with Gasteiger partial charge >= 0.3 is 11.8 Å². The summed E-state index contributed by atoms with van der Waals surface area (Å²) in [6, 6.07) is 4.12. The number of aromatic hydroxyl groups is 1. The highest BCUT2D eigenvalue weighted by atomic mass is 35.5. The number of hydrogen-bond donors (Lipinski definition) is 3. The third-order valence-corrected chi connectivity index (χ3v) is 2.06. The minimum atomic E-state index is -0.885. The maximum atomic E-state index is 11.4. The number of rotatable bonds is 3. The number of hydrogen-bond acceptors (Lipinski definition) is 3. The molecule has 0 radical (unpaired) electrons. The van der Waals surface area contributed by atoms with Gasteiger partial charge in [-0.15, -0.1) is 6.58 Å².